The van der Waals surface area contributed by atoms with E-state index < -0.39 is 0 Å². The van der Waals surface area contributed by atoms with Crippen LogP contribution in [-0.4, -0.2) is 31.1 Å². The maximum atomic E-state index is 11.6. The normalized spacial score (nSPS) is 12.4. The van der Waals surface area contributed by atoms with Crippen molar-refractivity contribution in [2.24, 2.45) is 5.73 Å². The molecular formula is C16H27N3O. The van der Waals surface area contributed by atoms with Gasteiger partial charge in [0.05, 0.1) is 0 Å². The molecule has 3 N–H and O–H groups in total. The van der Waals surface area contributed by atoms with Crippen LogP contribution in [0.1, 0.15) is 33.6 Å². The summed E-state index contributed by atoms with van der Waals surface area (Å²) in [6, 6.07) is 10.1. The molecule has 0 fully saturated rings. The van der Waals surface area contributed by atoms with Crippen molar-refractivity contribution in [3.63, 3.8) is 0 Å². The van der Waals surface area contributed by atoms with Crippen LogP contribution in [0.4, 0.5) is 5.69 Å². The molecule has 1 aromatic carbocycles. The van der Waals surface area contributed by atoms with Crippen molar-refractivity contribution in [1.29, 1.82) is 0 Å². The zero-order valence-electron chi connectivity index (χ0n) is 12.8. The second-order valence-corrected chi connectivity index (χ2v) is 5.41. The summed E-state index contributed by atoms with van der Waals surface area (Å²) in [6.07, 6.45) is 2.23. The second kappa shape index (κ2) is 8.59. The molecule has 0 aliphatic carbocycles. The highest BCUT2D eigenvalue weighted by Crippen LogP contribution is 2.14. The van der Waals surface area contributed by atoms with Gasteiger partial charge in [-0.1, -0.05) is 45.4 Å². The van der Waals surface area contributed by atoms with Crippen LogP contribution in [0.5, 0.6) is 0 Å². The number of nitrogens with zero attached hydrogens (tertiary/aromatic N) is 1. The van der Waals surface area contributed by atoms with Crippen LogP contribution in [-0.2, 0) is 4.79 Å². The first-order valence-corrected chi connectivity index (χ1v) is 7.40. The topological polar surface area (TPSA) is 58.4 Å². The van der Waals surface area contributed by atoms with Gasteiger partial charge in [-0.2, -0.15) is 0 Å². The molecule has 112 valence electrons. The van der Waals surface area contributed by atoms with Crippen molar-refractivity contribution in [2.45, 2.75) is 45.7 Å². The largest absolute Gasteiger partial charge is 0.369 e. The molecule has 0 saturated heterocycles. The average Bonchev–Trinajstić information content (AvgIpc) is 2.42. The SMILES string of the molecule is CCCCN(CC(NC(C)C)C(N)=O)c1ccccc1. The van der Waals surface area contributed by atoms with Gasteiger partial charge in [0, 0.05) is 24.8 Å². The van der Waals surface area contributed by atoms with Crippen LogP contribution in [0.3, 0.4) is 0 Å². The van der Waals surface area contributed by atoms with Crippen LogP contribution in [0, 0.1) is 0 Å². The lowest BCUT2D eigenvalue weighted by Crippen LogP contribution is -2.51. The summed E-state index contributed by atoms with van der Waals surface area (Å²) < 4.78 is 0. The fourth-order valence-corrected chi connectivity index (χ4v) is 2.16. The van der Waals surface area contributed by atoms with Gasteiger partial charge in [0.2, 0.25) is 5.91 Å². The minimum absolute atomic E-state index is 0.233. The Morgan fingerprint density at radius 2 is 1.95 bits per heavy atom. The van der Waals surface area contributed by atoms with Crippen molar-refractivity contribution < 1.29 is 4.79 Å². The van der Waals surface area contributed by atoms with Gasteiger partial charge in [-0.25, -0.2) is 0 Å². The number of anilines is 1. The third-order valence-electron chi connectivity index (χ3n) is 3.18. The van der Waals surface area contributed by atoms with Crippen molar-refractivity contribution in [2.75, 3.05) is 18.0 Å². The molecule has 20 heavy (non-hydrogen) atoms. The van der Waals surface area contributed by atoms with Crippen molar-refractivity contribution >= 4 is 11.6 Å². The van der Waals surface area contributed by atoms with Gasteiger partial charge < -0.3 is 16.0 Å². The number of primary amides is 1. The highest BCUT2D eigenvalue weighted by atomic mass is 16.1. The molecule has 0 heterocycles. The van der Waals surface area contributed by atoms with E-state index in [0.29, 0.717) is 6.54 Å². The highest BCUT2D eigenvalue weighted by molar-refractivity contribution is 5.80. The molecule has 4 heteroatoms. The monoisotopic (exact) mass is 277 g/mol. The van der Waals surface area contributed by atoms with Crippen LogP contribution >= 0.6 is 0 Å². The fraction of sp³-hybridized carbons (Fsp3) is 0.562. The second-order valence-electron chi connectivity index (χ2n) is 5.41. The van der Waals surface area contributed by atoms with E-state index in [-0.39, 0.29) is 18.0 Å². The number of amides is 1. The number of para-hydroxylation sites is 1. The third-order valence-corrected chi connectivity index (χ3v) is 3.18. The van der Waals surface area contributed by atoms with Crippen molar-refractivity contribution in [3.8, 4) is 0 Å². The number of carbonyl (C=O) groups excluding carboxylic acids is 1. The maximum Gasteiger partial charge on any atom is 0.236 e. The smallest absolute Gasteiger partial charge is 0.236 e. The van der Waals surface area contributed by atoms with Gasteiger partial charge in [-0.3, -0.25) is 4.79 Å². The number of benzene rings is 1. The summed E-state index contributed by atoms with van der Waals surface area (Å²) in [5, 5.41) is 3.24. The number of nitrogens with one attached hydrogen (secondary N) is 1. The van der Waals surface area contributed by atoms with Gasteiger partial charge in [0.1, 0.15) is 6.04 Å². The lowest BCUT2D eigenvalue weighted by molar-refractivity contribution is -0.119. The molecule has 1 unspecified atom stereocenters. The Kier molecular flexibility index (Phi) is 7.09. The Morgan fingerprint density at radius 1 is 1.30 bits per heavy atom. The molecule has 1 atom stereocenters. The van der Waals surface area contributed by atoms with E-state index in [9.17, 15) is 4.79 Å². The predicted octanol–water partition coefficient (Wildman–Crippen LogP) is 2.14. The Hall–Kier alpha value is -1.55. The number of unbranched alkanes of at least 4 members (excludes halogenated alkanes) is 1. The quantitative estimate of drug-likeness (QED) is 0.727. The average molecular weight is 277 g/mol. The van der Waals surface area contributed by atoms with E-state index in [4.69, 9.17) is 5.73 Å². The van der Waals surface area contributed by atoms with Gasteiger partial charge in [0.25, 0.3) is 0 Å². The molecule has 0 spiro atoms. The van der Waals surface area contributed by atoms with Gasteiger partial charge >= 0.3 is 0 Å². The van der Waals surface area contributed by atoms with Crippen LogP contribution in [0.2, 0.25) is 0 Å². The fourth-order valence-electron chi connectivity index (χ4n) is 2.16. The third kappa shape index (κ3) is 5.61. The minimum atomic E-state index is -0.327. The zero-order valence-corrected chi connectivity index (χ0v) is 12.8. The van der Waals surface area contributed by atoms with Crippen LogP contribution in [0.25, 0.3) is 0 Å². The standard InChI is InChI=1S/C16H27N3O/c1-4-5-11-19(14-9-7-6-8-10-14)12-15(16(17)20)18-13(2)3/h6-10,13,15,18H,4-5,11-12H2,1-3H3,(H2,17,20). The molecular weight excluding hydrogens is 250 g/mol. The molecule has 0 aliphatic heterocycles. The number of carbonyl (C=O) groups is 1. The highest BCUT2D eigenvalue weighted by Gasteiger charge is 2.20. The zero-order chi connectivity index (χ0) is 15.0. The minimum Gasteiger partial charge on any atom is -0.369 e. The van der Waals surface area contributed by atoms with Crippen LogP contribution < -0.4 is 16.0 Å². The maximum absolute atomic E-state index is 11.6. The van der Waals surface area contributed by atoms with Crippen LogP contribution in [0.15, 0.2) is 30.3 Å². The Bertz CT molecular complexity index is 392. The first-order valence-electron chi connectivity index (χ1n) is 7.40. The molecule has 1 amide bonds. The Balaban J connectivity index is 2.79. The van der Waals surface area contributed by atoms with Crippen molar-refractivity contribution in [3.05, 3.63) is 30.3 Å². The van der Waals surface area contributed by atoms with Gasteiger partial charge in [-0.15, -0.1) is 0 Å². The lowest BCUT2D eigenvalue weighted by Gasteiger charge is -2.29. The summed E-state index contributed by atoms with van der Waals surface area (Å²) in [7, 11) is 0. The first-order chi connectivity index (χ1) is 9.54. The molecule has 0 aromatic heterocycles. The van der Waals surface area contributed by atoms with E-state index in [1.807, 2.05) is 32.0 Å². The summed E-state index contributed by atoms with van der Waals surface area (Å²) in [6.45, 7) is 7.76. The number of hydrogen-bond donors (Lipinski definition) is 2. The first kappa shape index (κ1) is 16.5. The Morgan fingerprint density at radius 3 is 2.45 bits per heavy atom. The lowest BCUT2D eigenvalue weighted by atomic mass is 10.2. The molecule has 4 nitrogen and oxygen atoms in total. The molecule has 0 radical (unpaired) electrons. The molecule has 1 aromatic rings. The number of nitrogens with two attached hydrogens (primary N) is 1. The van der Waals surface area contributed by atoms with E-state index in [1.165, 1.54) is 0 Å². The van der Waals surface area contributed by atoms with E-state index in [0.717, 1.165) is 25.1 Å². The molecule has 0 bridgehead atoms. The van der Waals surface area contributed by atoms with Gasteiger partial charge in [0.15, 0.2) is 0 Å². The van der Waals surface area contributed by atoms with Gasteiger partial charge in [-0.05, 0) is 18.6 Å². The summed E-state index contributed by atoms with van der Waals surface area (Å²) in [5.74, 6) is -0.295. The number of hydrogen-bond acceptors (Lipinski definition) is 3. The summed E-state index contributed by atoms with van der Waals surface area (Å²) >= 11 is 0. The molecule has 0 saturated carbocycles. The van der Waals surface area contributed by atoms with E-state index >= 15 is 0 Å². The predicted molar refractivity (Wildman–Crippen MR) is 84.8 cm³/mol. The summed E-state index contributed by atoms with van der Waals surface area (Å²) in [4.78, 5) is 13.8. The summed E-state index contributed by atoms with van der Waals surface area (Å²) in [5.41, 5.74) is 6.65. The molecule has 1 rings (SSSR count). The molecule has 0 aliphatic rings. The Labute approximate surface area is 122 Å². The number of rotatable bonds is 9. The van der Waals surface area contributed by atoms with E-state index in [2.05, 4.69) is 29.3 Å². The van der Waals surface area contributed by atoms with Crippen molar-refractivity contribution in [1.82, 2.24) is 5.32 Å². The van der Waals surface area contributed by atoms with E-state index in [1.54, 1.807) is 0 Å².